The van der Waals surface area contributed by atoms with Crippen LogP contribution >= 0.6 is 27.5 Å². The van der Waals surface area contributed by atoms with Crippen LogP contribution < -0.4 is 15.4 Å². The minimum Gasteiger partial charge on any atom is -0.467 e. The van der Waals surface area contributed by atoms with Crippen LogP contribution in [-0.2, 0) is 0 Å². The zero-order valence-electron chi connectivity index (χ0n) is 10.9. The predicted molar refractivity (Wildman–Crippen MR) is 83.0 cm³/mol. The number of nitrogens with zero attached hydrogens (tertiary/aromatic N) is 3. The summed E-state index contributed by atoms with van der Waals surface area (Å²) in [6.45, 7) is 2.66. The van der Waals surface area contributed by atoms with Crippen molar-refractivity contribution in [2.45, 2.75) is 6.92 Å². The van der Waals surface area contributed by atoms with E-state index in [1.54, 1.807) is 12.1 Å². The van der Waals surface area contributed by atoms with Crippen molar-refractivity contribution in [2.75, 3.05) is 24.3 Å². The third kappa shape index (κ3) is 3.71. The quantitative estimate of drug-likeness (QED) is 0.852. The second-order valence-electron chi connectivity index (χ2n) is 3.75. The minimum atomic E-state index is 0.239. The van der Waals surface area contributed by atoms with Crippen molar-refractivity contribution in [3.05, 3.63) is 27.7 Å². The van der Waals surface area contributed by atoms with Gasteiger partial charge >= 0.3 is 6.01 Å². The number of hydrogen-bond donors (Lipinski definition) is 2. The van der Waals surface area contributed by atoms with Gasteiger partial charge in [0.25, 0.3) is 0 Å². The molecule has 0 saturated heterocycles. The Morgan fingerprint density at radius 3 is 2.65 bits per heavy atom. The maximum atomic E-state index is 5.91. The van der Waals surface area contributed by atoms with E-state index in [4.69, 9.17) is 16.3 Å². The van der Waals surface area contributed by atoms with Gasteiger partial charge in [-0.05, 0) is 41.1 Å². The van der Waals surface area contributed by atoms with E-state index in [9.17, 15) is 0 Å². The molecule has 0 amide bonds. The zero-order chi connectivity index (χ0) is 14.5. The van der Waals surface area contributed by atoms with Crippen LogP contribution in [0.25, 0.3) is 0 Å². The van der Waals surface area contributed by atoms with Crippen molar-refractivity contribution in [3.8, 4) is 6.01 Å². The first-order valence-corrected chi connectivity index (χ1v) is 7.05. The number of benzene rings is 1. The first kappa shape index (κ1) is 14.8. The maximum Gasteiger partial charge on any atom is 0.322 e. The number of aromatic nitrogens is 3. The smallest absolute Gasteiger partial charge is 0.322 e. The molecule has 20 heavy (non-hydrogen) atoms. The highest BCUT2D eigenvalue weighted by atomic mass is 79.9. The Labute approximate surface area is 130 Å². The number of ether oxygens (including phenoxy) is 1. The fraction of sp³-hybridized carbons (Fsp3) is 0.250. The van der Waals surface area contributed by atoms with Crippen LogP contribution in [0.1, 0.15) is 6.92 Å². The van der Waals surface area contributed by atoms with Crippen molar-refractivity contribution >= 4 is 45.1 Å². The number of hydrogen-bond acceptors (Lipinski definition) is 6. The van der Waals surface area contributed by atoms with Gasteiger partial charge in [0.2, 0.25) is 11.9 Å². The molecule has 0 atom stereocenters. The summed E-state index contributed by atoms with van der Waals surface area (Å²) in [6.07, 6.45) is 0. The lowest BCUT2D eigenvalue weighted by atomic mass is 10.3. The monoisotopic (exact) mass is 357 g/mol. The Morgan fingerprint density at radius 2 is 2.00 bits per heavy atom. The normalized spacial score (nSPS) is 10.2. The van der Waals surface area contributed by atoms with Crippen molar-refractivity contribution < 1.29 is 4.74 Å². The molecule has 2 N–H and O–H groups in total. The molecule has 2 aromatic rings. The van der Waals surface area contributed by atoms with Crippen LogP contribution in [0.5, 0.6) is 6.01 Å². The van der Waals surface area contributed by atoms with E-state index >= 15 is 0 Å². The van der Waals surface area contributed by atoms with Crippen LogP contribution in [0.4, 0.5) is 17.6 Å². The van der Waals surface area contributed by atoms with E-state index in [1.807, 2.05) is 13.0 Å². The summed E-state index contributed by atoms with van der Waals surface area (Å²) in [5.74, 6) is 0.836. The fourth-order valence-corrected chi connectivity index (χ4v) is 2.23. The highest BCUT2D eigenvalue weighted by molar-refractivity contribution is 9.10. The number of methoxy groups -OCH3 is 1. The summed E-state index contributed by atoms with van der Waals surface area (Å²) in [5, 5.41) is 6.74. The molecule has 106 valence electrons. The Balaban J connectivity index is 2.29. The van der Waals surface area contributed by atoms with E-state index in [1.165, 1.54) is 7.11 Å². The molecule has 1 heterocycles. The van der Waals surface area contributed by atoms with Crippen molar-refractivity contribution in [3.63, 3.8) is 0 Å². The minimum absolute atomic E-state index is 0.239. The third-order valence-electron chi connectivity index (χ3n) is 2.31. The van der Waals surface area contributed by atoms with Crippen molar-refractivity contribution in [2.24, 2.45) is 0 Å². The molecular weight excluding hydrogens is 346 g/mol. The highest BCUT2D eigenvalue weighted by Crippen LogP contribution is 2.28. The van der Waals surface area contributed by atoms with Crippen LogP contribution in [0.2, 0.25) is 5.02 Å². The molecule has 1 aromatic carbocycles. The molecule has 0 unspecified atom stereocenters. The topological polar surface area (TPSA) is 72.0 Å². The average molecular weight is 359 g/mol. The molecule has 0 saturated carbocycles. The van der Waals surface area contributed by atoms with Gasteiger partial charge in [-0.1, -0.05) is 11.6 Å². The van der Waals surface area contributed by atoms with Crippen LogP contribution in [0, 0.1) is 0 Å². The summed E-state index contributed by atoms with van der Waals surface area (Å²) in [4.78, 5) is 12.5. The van der Waals surface area contributed by atoms with E-state index in [-0.39, 0.29) is 6.01 Å². The van der Waals surface area contributed by atoms with Crippen LogP contribution in [0.3, 0.4) is 0 Å². The van der Waals surface area contributed by atoms with Gasteiger partial charge in [0, 0.05) is 16.0 Å². The molecule has 0 fully saturated rings. The third-order valence-corrected chi connectivity index (χ3v) is 3.20. The molecular formula is C12H13BrClN5O. The summed E-state index contributed by atoms with van der Waals surface area (Å²) in [7, 11) is 1.51. The summed E-state index contributed by atoms with van der Waals surface area (Å²) >= 11 is 9.33. The number of anilines is 3. The second-order valence-corrected chi connectivity index (χ2v) is 5.04. The number of nitrogens with one attached hydrogen (secondary N) is 2. The molecule has 0 aliphatic heterocycles. The fourth-order valence-electron chi connectivity index (χ4n) is 1.45. The second kappa shape index (κ2) is 6.71. The first-order valence-electron chi connectivity index (χ1n) is 5.88. The van der Waals surface area contributed by atoms with Crippen molar-refractivity contribution in [1.82, 2.24) is 15.0 Å². The predicted octanol–water partition coefficient (Wildman–Crippen LogP) is 3.47. The SMILES string of the molecule is CCNc1nc(Nc2ccc(Cl)cc2Br)nc(OC)n1. The standard InChI is InChI=1S/C12H13BrClN5O/c1-3-15-10-17-11(19-12(18-10)20-2)16-9-5-4-7(14)6-8(9)13/h4-6H,3H2,1-2H3,(H2,15,16,17,18,19). The van der Waals surface area contributed by atoms with Gasteiger partial charge in [-0.3, -0.25) is 0 Å². The highest BCUT2D eigenvalue weighted by Gasteiger charge is 2.08. The van der Waals surface area contributed by atoms with Crippen LogP contribution in [-0.4, -0.2) is 28.6 Å². The lowest BCUT2D eigenvalue weighted by Crippen LogP contribution is -2.08. The Kier molecular flexibility index (Phi) is 4.97. The van der Waals surface area contributed by atoms with E-state index < -0.39 is 0 Å². The maximum absolute atomic E-state index is 5.91. The van der Waals surface area contributed by atoms with Gasteiger partial charge in [0.15, 0.2) is 0 Å². The van der Waals surface area contributed by atoms with E-state index in [0.29, 0.717) is 23.5 Å². The Bertz CT molecular complexity index is 610. The molecule has 0 radical (unpaired) electrons. The lowest BCUT2D eigenvalue weighted by Gasteiger charge is -2.10. The van der Waals surface area contributed by atoms with Gasteiger partial charge in [-0.25, -0.2) is 0 Å². The van der Waals surface area contributed by atoms with Crippen molar-refractivity contribution in [1.29, 1.82) is 0 Å². The van der Waals surface area contributed by atoms with Gasteiger partial charge in [0.05, 0.1) is 12.8 Å². The summed E-state index contributed by atoms with van der Waals surface area (Å²) in [6, 6.07) is 5.63. The zero-order valence-corrected chi connectivity index (χ0v) is 13.3. The Morgan fingerprint density at radius 1 is 1.25 bits per heavy atom. The van der Waals surface area contributed by atoms with Gasteiger partial charge in [0.1, 0.15) is 0 Å². The van der Waals surface area contributed by atoms with E-state index in [2.05, 4.69) is 41.5 Å². The van der Waals surface area contributed by atoms with Gasteiger partial charge in [-0.15, -0.1) is 0 Å². The summed E-state index contributed by atoms with van der Waals surface area (Å²) < 4.78 is 5.87. The van der Waals surface area contributed by atoms with E-state index in [0.717, 1.165) is 10.2 Å². The van der Waals surface area contributed by atoms with Crippen LogP contribution in [0.15, 0.2) is 22.7 Å². The number of halogens is 2. The molecule has 1 aromatic heterocycles. The lowest BCUT2D eigenvalue weighted by molar-refractivity contribution is 0.379. The molecule has 2 rings (SSSR count). The molecule has 0 aliphatic rings. The van der Waals surface area contributed by atoms with Gasteiger partial charge < -0.3 is 15.4 Å². The van der Waals surface area contributed by atoms with Gasteiger partial charge in [-0.2, -0.15) is 15.0 Å². The summed E-state index contributed by atoms with van der Waals surface area (Å²) in [5.41, 5.74) is 0.796. The largest absolute Gasteiger partial charge is 0.467 e. The average Bonchev–Trinajstić information content (AvgIpc) is 2.42. The molecule has 0 aliphatic carbocycles. The first-order chi connectivity index (χ1) is 9.62. The molecule has 0 bridgehead atoms. The Hall–Kier alpha value is -1.60. The molecule has 0 spiro atoms. The molecule has 6 nitrogen and oxygen atoms in total. The number of rotatable bonds is 5. The molecule has 8 heteroatoms.